The van der Waals surface area contributed by atoms with Gasteiger partial charge in [0.2, 0.25) is 0 Å². The fourth-order valence-electron chi connectivity index (χ4n) is 1.81. The van der Waals surface area contributed by atoms with Crippen molar-refractivity contribution < 1.29 is 4.79 Å². The molecule has 6 nitrogen and oxygen atoms in total. The molecule has 2 amide bonds. The molecule has 0 aliphatic carbocycles. The molecule has 0 unspecified atom stereocenters. The Hall–Kier alpha value is -2.41. The van der Waals surface area contributed by atoms with E-state index in [4.69, 9.17) is 0 Å². The Morgan fingerprint density at radius 2 is 2.05 bits per heavy atom. The van der Waals surface area contributed by atoms with Crippen molar-refractivity contribution in [1.82, 2.24) is 10.4 Å². The van der Waals surface area contributed by atoms with Crippen LogP contribution in [0, 0.1) is 0 Å². The maximum atomic E-state index is 11.7. The standard InChI is InChI=1S/C15H19N5OS/c1-3-20(4-2)15-16-10-13(22-15)11-17-19-14(21)18-12-8-6-5-7-9-12/h5-11H,3-4H2,1-2H3,(H2,18,19,21)/b17-11-. The number of carbonyl (C=O) groups is 1. The van der Waals surface area contributed by atoms with Gasteiger partial charge in [0, 0.05) is 25.0 Å². The lowest BCUT2D eigenvalue weighted by atomic mass is 10.3. The van der Waals surface area contributed by atoms with E-state index < -0.39 is 0 Å². The number of hydrazone groups is 1. The molecule has 1 aromatic carbocycles. The molecule has 116 valence electrons. The summed E-state index contributed by atoms with van der Waals surface area (Å²) in [4.78, 5) is 19.1. The summed E-state index contributed by atoms with van der Waals surface area (Å²) < 4.78 is 0. The number of benzene rings is 1. The van der Waals surface area contributed by atoms with E-state index in [0.717, 1.165) is 28.8 Å². The van der Waals surface area contributed by atoms with Crippen molar-refractivity contribution in [3.63, 3.8) is 0 Å². The summed E-state index contributed by atoms with van der Waals surface area (Å²) in [6.45, 7) is 6.01. The monoisotopic (exact) mass is 317 g/mol. The van der Waals surface area contributed by atoms with Crippen molar-refractivity contribution in [2.45, 2.75) is 13.8 Å². The van der Waals surface area contributed by atoms with Gasteiger partial charge in [0.1, 0.15) is 0 Å². The molecule has 1 heterocycles. The second-order valence-corrected chi connectivity index (χ2v) is 5.45. The Morgan fingerprint density at radius 1 is 1.32 bits per heavy atom. The summed E-state index contributed by atoms with van der Waals surface area (Å²) in [6.07, 6.45) is 3.34. The third kappa shape index (κ3) is 4.56. The fourth-order valence-corrected chi connectivity index (χ4v) is 2.73. The molecule has 0 saturated carbocycles. The van der Waals surface area contributed by atoms with Crippen LogP contribution in [0.4, 0.5) is 15.6 Å². The molecule has 0 radical (unpaired) electrons. The number of carbonyl (C=O) groups excluding carboxylic acids is 1. The number of thiazole rings is 1. The molecule has 0 aliphatic heterocycles. The minimum absolute atomic E-state index is 0.379. The van der Waals surface area contributed by atoms with Crippen LogP contribution in [-0.4, -0.2) is 30.3 Å². The predicted molar refractivity (Wildman–Crippen MR) is 91.9 cm³/mol. The number of nitrogens with one attached hydrogen (secondary N) is 2. The van der Waals surface area contributed by atoms with Gasteiger partial charge in [-0.2, -0.15) is 5.10 Å². The zero-order valence-corrected chi connectivity index (χ0v) is 13.4. The predicted octanol–water partition coefficient (Wildman–Crippen LogP) is 3.14. The number of hydrogen-bond donors (Lipinski definition) is 2. The zero-order chi connectivity index (χ0) is 15.8. The second kappa shape index (κ2) is 8.14. The molecule has 0 spiro atoms. The van der Waals surface area contributed by atoms with Crippen LogP contribution in [0.25, 0.3) is 0 Å². The summed E-state index contributed by atoms with van der Waals surface area (Å²) in [5.74, 6) is 0. The lowest BCUT2D eigenvalue weighted by molar-refractivity contribution is 0.252. The molecule has 2 aromatic rings. The maximum absolute atomic E-state index is 11.7. The fraction of sp³-hybridized carbons (Fsp3) is 0.267. The van der Waals surface area contributed by atoms with Gasteiger partial charge >= 0.3 is 6.03 Å². The van der Waals surface area contributed by atoms with Crippen LogP contribution in [0.15, 0.2) is 41.6 Å². The first-order valence-corrected chi connectivity index (χ1v) is 7.90. The number of para-hydroxylation sites is 1. The first kappa shape index (κ1) is 16.0. The summed E-state index contributed by atoms with van der Waals surface area (Å²) in [7, 11) is 0. The Balaban J connectivity index is 1.86. The Kier molecular flexibility index (Phi) is 5.91. The molecular formula is C15H19N5OS. The molecule has 0 bridgehead atoms. The van der Waals surface area contributed by atoms with Crippen LogP contribution in [0.1, 0.15) is 18.7 Å². The van der Waals surface area contributed by atoms with Crippen LogP contribution in [0.2, 0.25) is 0 Å². The average Bonchev–Trinajstić information content (AvgIpc) is 2.98. The molecule has 0 saturated heterocycles. The maximum Gasteiger partial charge on any atom is 0.339 e. The highest BCUT2D eigenvalue weighted by molar-refractivity contribution is 7.17. The first-order valence-electron chi connectivity index (χ1n) is 7.08. The molecule has 0 aliphatic rings. The first-order chi connectivity index (χ1) is 10.7. The van der Waals surface area contributed by atoms with Crippen LogP contribution in [-0.2, 0) is 0 Å². The molecule has 1 aromatic heterocycles. The third-order valence-corrected chi connectivity index (χ3v) is 3.93. The van der Waals surface area contributed by atoms with Crippen molar-refractivity contribution in [3.8, 4) is 0 Å². The van der Waals surface area contributed by atoms with Crippen LogP contribution < -0.4 is 15.6 Å². The van der Waals surface area contributed by atoms with Gasteiger partial charge in [0.15, 0.2) is 5.13 Å². The van der Waals surface area contributed by atoms with E-state index in [0.29, 0.717) is 0 Å². The second-order valence-electron chi connectivity index (χ2n) is 4.41. The van der Waals surface area contributed by atoms with E-state index in [1.165, 1.54) is 11.3 Å². The van der Waals surface area contributed by atoms with Crippen molar-refractivity contribution >= 4 is 34.4 Å². The summed E-state index contributed by atoms with van der Waals surface area (Å²) >= 11 is 1.54. The van der Waals surface area contributed by atoms with Gasteiger partial charge < -0.3 is 10.2 Å². The van der Waals surface area contributed by atoms with E-state index in [1.54, 1.807) is 12.4 Å². The Labute approximate surface area is 133 Å². The van der Waals surface area contributed by atoms with Gasteiger partial charge in [-0.05, 0) is 26.0 Å². The molecule has 7 heteroatoms. The van der Waals surface area contributed by atoms with E-state index in [9.17, 15) is 4.79 Å². The van der Waals surface area contributed by atoms with Gasteiger partial charge in [-0.1, -0.05) is 29.5 Å². The lowest BCUT2D eigenvalue weighted by Crippen LogP contribution is -2.24. The number of anilines is 2. The van der Waals surface area contributed by atoms with Crippen molar-refractivity contribution in [1.29, 1.82) is 0 Å². The number of hydrogen-bond acceptors (Lipinski definition) is 5. The molecular weight excluding hydrogens is 298 g/mol. The van der Waals surface area contributed by atoms with Crippen LogP contribution >= 0.6 is 11.3 Å². The summed E-state index contributed by atoms with van der Waals surface area (Å²) in [5.41, 5.74) is 3.15. The van der Waals surface area contributed by atoms with E-state index in [1.807, 2.05) is 30.3 Å². The third-order valence-electron chi connectivity index (χ3n) is 2.93. The SMILES string of the molecule is CCN(CC)c1ncc(/C=N\NC(=O)Nc2ccccc2)s1. The molecule has 22 heavy (non-hydrogen) atoms. The van der Waals surface area contributed by atoms with Crippen molar-refractivity contribution in [2.75, 3.05) is 23.3 Å². The van der Waals surface area contributed by atoms with E-state index in [2.05, 4.69) is 39.6 Å². The minimum atomic E-state index is -0.379. The van der Waals surface area contributed by atoms with E-state index in [-0.39, 0.29) is 6.03 Å². The number of aromatic nitrogens is 1. The van der Waals surface area contributed by atoms with Gasteiger partial charge in [0.25, 0.3) is 0 Å². The van der Waals surface area contributed by atoms with Crippen molar-refractivity contribution in [2.24, 2.45) is 5.10 Å². The summed E-state index contributed by atoms with van der Waals surface area (Å²) in [6, 6.07) is 8.83. The summed E-state index contributed by atoms with van der Waals surface area (Å²) in [5, 5.41) is 7.57. The number of nitrogens with zero attached hydrogens (tertiary/aromatic N) is 3. The van der Waals surface area contributed by atoms with Crippen LogP contribution in [0.3, 0.4) is 0 Å². The molecule has 2 rings (SSSR count). The van der Waals surface area contributed by atoms with Gasteiger partial charge in [0.05, 0.1) is 11.1 Å². The van der Waals surface area contributed by atoms with Gasteiger partial charge in [-0.25, -0.2) is 15.2 Å². The van der Waals surface area contributed by atoms with Crippen molar-refractivity contribution in [3.05, 3.63) is 41.4 Å². The number of urea groups is 1. The Morgan fingerprint density at radius 3 is 2.73 bits per heavy atom. The quantitative estimate of drug-likeness (QED) is 0.635. The normalized spacial score (nSPS) is 10.6. The van der Waals surface area contributed by atoms with Gasteiger partial charge in [-0.15, -0.1) is 0 Å². The molecule has 0 fully saturated rings. The lowest BCUT2D eigenvalue weighted by Gasteiger charge is -2.16. The highest BCUT2D eigenvalue weighted by Crippen LogP contribution is 2.20. The zero-order valence-electron chi connectivity index (χ0n) is 12.6. The number of amides is 2. The van der Waals surface area contributed by atoms with Gasteiger partial charge in [-0.3, -0.25) is 0 Å². The highest BCUT2D eigenvalue weighted by atomic mass is 32.1. The topological polar surface area (TPSA) is 69.6 Å². The highest BCUT2D eigenvalue weighted by Gasteiger charge is 2.06. The minimum Gasteiger partial charge on any atom is -0.349 e. The molecule has 2 N–H and O–H groups in total. The Bertz CT molecular complexity index is 622. The average molecular weight is 317 g/mol. The number of rotatable bonds is 6. The molecule has 0 atom stereocenters. The van der Waals surface area contributed by atoms with Crippen LogP contribution in [0.5, 0.6) is 0 Å². The smallest absolute Gasteiger partial charge is 0.339 e. The largest absolute Gasteiger partial charge is 0.349 e. The van der Waals surface area contributed by atoms with E-state index >= 15 is 0 Å².